The molecule has 1 saturated heterocycles. The molecular formula is C18H15IN2O3S2. The molecule has 1 aromatic heterocycles. The predicted octanol–water partition coefficient (Wildman–Crippen LogP) is 4.50. The third kappa shape index (κ3) is 4.95. The minimum absolute atomic E-state index is 0.0800. The van der Waals surface area contributed by atoms with Gasteiger partial charge in [-0.15, -0.1) is 0 Å². The Hall–Kier alpha value is -1.65. The first-order valence-corrected chi connectivity index (χ1v) is 10.2. The van der Waals surface area contributed by atoms with Crippen molar-refractivity contribution < 1.29 is 14.0 Å². The molecule has 26 heavy (non-hydrogen) atoms. The van der Waals surface area contributed by atoms with E-state index in [0.717, 1.165) is 9.26 Å². The first kappa shape index (κ1) is 19.1. The second-order valence-corrected chi connectivity index (χ2v) is 8.43. The molecule has 8 heteroatoms. The maximum absolute atomic E-state index is 12.5. The van der Waals surface area contributed by atoms with Crippen molar-refractivity contribution in [2.75, 3.05) is 11.9 Å². The van der Waals surface area contributed by atoms with Gasteiger partial charge in [-0.2, -0.15) is 0 Å². The van der Waals surface area contributed by atoms with Crippen molar-refractivity contribution in [2.24, 2.45) is 0 Å². The van der Waals surface area contributed by atoms with Gasteiger partial charge >= 0.3 is 0 Å². The highest BCUT2D eigenvalue weighted by molar-refractivity contribution is 14.1. The first-order valence-electron chi connectivity index (χ1n) is 7.87. The number of nitrogens with zero attached hydrogens (tertiary/aromatic N) is 1. The van der Waals surface area contributed by atoms with Crippen LogP contribution in [0, 0.1) is 3.57 Å². The fourth-order valence-electron chi connectivity index (χ4n) is 2.38. The average molecular weight is 498 g/mol. The van der Waals surface area contributed by atoms with Gasteiger partial charge in [0.2, 0.25) is 5.91 Å². The number of anilines is 1. The molecule has 1 aliphatic rings. The van der Waals surface area contributed by atoms with Crippen LogP contribution in [0.1, 0.15) is 18.6 Å². The lowest BCUT2D eigenvalue weighted by atomic mass is 10.2. The van der Waals surface area contributed by atoms with E-state index in [1.807, 2.05) is 24.3 Å². The number of hydrogen-bond acceptors (Lipinski definition) is 5. The number of thiocarbonyl (C=S) groups is 1. The van der Waals surface area contributed by atoms with Crippen molar-refractivity contribution in [2.45, 2.75) is 12.8 Å². The number of rotatable bonds is 6. The van der Waals surface area contributed by atoms with Crippen LogP contribution in [-0.4, -0.2) is 27.6 Å². The van der Waals surface area contributed by atoms with Gasteiger partial charge in [-0.05, 0) is 59.3 Å². The standard InChI is InChI=1S/C18H15IN2O3S2/c19-12-4-1-5-13(10-12)20-16(22)7-2-8-21-17(23)15(26-18(21)25)11-14-6-3-9-24-14/h1,3-6,9-11H,2,7-8H2,(H,20,22). The molecule has 0 bridgehead atoms. The molecular weight excluding hydrogens is 483 g/mol. The van der Waals surface area contributed by atoms with E-state index in [9.17, 15) is 9.59 Å². The number of nitrogens with one attached hydrogen (secondary N) is 1. The number of hydrogen-bond donors (Lipinski definition) is 1. The van der Waals surface area contributed by atoms with E-state index in [1.165, 1.54) is 16.7 Å². The third-order valence-electron chi connectivity index (χ3n) is 3.58. The van der Waals surface area contributed by atoms with E-state index in [1.54, 1.807) is 24.5 Å². The largest absolute Gasteiger partial charge is 0.465 e. The molecule has 0 saturated carbocycles. The van der Waals surface area contributed by atoms with Gasteiger partial charge < -0.3 is 9.73 Å². The summed E-state index contributed by atoms with van der Waals surface area (Å²) < 4.78 is 6.80. The Morgan fingerprint density at radius 3 is 2.92 bits per heavy atom. The molecule has 0 unspecified atom stereocenters. The maximum atomic E-state index is 12.5. The molecule has 0 radical (unpaired) electrons. The van der Waals surface area contributed by atoms with Crippen LogP contribution in [-0.2, 0) is 9.59 Å². The number of carbonyl (C=O) groups excluding carboxylic acids is 2. The fraction of sp³-hybridized carbons (Fsp3) is 0.167. The Morgan fingerprint density at radius 2 is 2.19 bits per heavy atom. The lowest BCUT2D eigenvalue weighted by molar-refractivity contribution is -0.122. The molecule has 134 valence electrons. The fourth-order valence-corrected chi connectivity index (χ4v) is 4.21. The summed E-state index contributed by atoms with van der Waals surface area (Å²) in [5, 5.41) is 2.86. The summed E-state index contributed by atoms with van der Waals surface area (Å²) >= 11 is 8.73. The summed E-state index contributed by atoms with van der Waals surface area (Å²) in [6.07, 6.45) is 4.10. The minimum Gasteiger partial charge on any atom is -0.465 e. The van der Waals surface area contributed by atoms with Gasteiger partial charge in [0, 0.05) is 28.3 Å². The van der Waals surface area contributed by atoms with Gasteiger partial charge in [0.25, 0.3) is 5.91 Å². The quantitative estimate of drug-likeness (QED) is 0.361. The normalized spacial score (nSPS) is 15.7. The SMILES string of the molecule is O=C(CCCN1C(=O)C(=Cc2ccco2)SC1=S)Nc1cccc(I)c1. The Labute approximate surface area is 174 Å². The van der Waals surface area contributed by atoms with Crippen molar-refractivity contribution >= 4 is 74.5 Å². The highest BCUT2D eigenvalue weighted by atomic mass is 127. The third-order valence-corrected chi connectivity index (χ3v) is 5.63. The van der Waals surface area contributed by atoms with Crippen LogP contribution in [0.25, 0.3) is 6.08 Å². The van der Waals surface area contributed by atoms with Gasteiger partial charge in [-0.3, -0.25) is 14.5 Å². The van der Waals surface area contributed by atoms with Gasteiger partial charge in [0.15, 0.2) is 0 Å². The van der Waals surface area contributed by atoms with Gasteiger partial charge in [-0.1, -0.05) is 30.0 Å². The second-order valence-electron chi connectivity index (χ2n) is 5.51. The average Bonchev–Trinajstić information content (AvgIpc) is 3.19. The van der Waals surface area contributed by atoms with Crippen molar-refractivity contribution in [3.05, 3.63) is 56.9 Å². The molecule has 1 fully saturated rings. The Kier molecular flexibility index (Phi) is 6.49. The monoisotopic (exact) mass is 498 g/mol. The van der Waals surface area contributed by atoms with E-state index < -0.39 is 0 Å². The van der Waals surface area contributed by atoms with Crippen LogP contribution >= 0.6 is 46.6 Å². The zero-order chi connectivity index (χ0) is 18.5. The van der Waals surface area contributed by atoms with E-state index in [4.69, 9.17) is 16.6 Å². The number of thioether (sulfide) groups is 1. The molecule has 0 atom stereocenters. The van der Waals surface area contributed by atoms with Crippen LogP contribution in [0.5, 0.6) is 0 Å². The summed E-state index contributed by atoms with van der Waals surface area (Å²) in [5.41, 5.74) is 0.772. The van der Waals surface area contributed by atoms with Gasteiger partial charge in [0.05, 0.1) is 11.2 Å². The van der Waals surface area contributed by atoms with Crippen LogP contribution in [0.2, 0.25) is 0 Å². The summed E-state index contributed by atoms with van der Waals surface area (Å²) in [5.74, 6) is 0.389. The molecule has 1 N–H and O–H groups in total. The molecule has 2 amide bonds. The zero-order valence-electron chi connectivity index (χ0n) is 13.6. The number of halogens is 1. The first-order chi connectivity index (χ1) is 12.5. The Balaban J connectivity index is 1.51. The highest BCUT2D eigenvalue weighted by Crippen LogP contribution is 2.32. The van der Waals surface area contributed by atoms with Gasteiger partial charge in [0.1, 0.15) is 10.1 Å². The second kappa shape index (κ2) is 8.83. The van der Waals surface area contributed by atoms with E-state index in [-0.39, 0.29) is 11.8 Å². The smallest absolute Gasteiger partial charge is 0.266 e. The molecule has 0 spiro atoms. The Bertz CT molecular complexity index is 865. The number of amides is 2. The van der Waals surface area contributed by atoms with E-state index >= 15 is 0 Å². The molecule has 1 aliphatic heterocycles. The molecule has 2 aromatic rings. The van der Waals surface area contributed by atoms with E-state index in [2.05, 4.69) is 27.9 Å². The maximum Gasteiger partial charge on any atom is 0.266 e. The number of furan rings is 1. The molecule has 1 aromatic carbocycles. The highest BCUT2D eigenvalue weighted by Gasteiger charge is 2.31. The lowest BCUT2D eigenvalue weighted by Gasteiger charge is -2.14. The number of carbonyl (C=O) groups is 2. The summed E-state index contributed by atoms with van der Waals surface area (Å²) in [6.45, 7) is 0.417. The van der Waals surface area contributed by atoms with Crippen molar-refractivity contribution in [1.29, 1.82) is 0 Å². The van der Waals surface area contributed by atoms with Crippen LogP contribution in [0.15, 0.2) is 52.0 Å². The molecule has 5 nitrogen and oxygen atoms in total. The predicted molar refractivity (Wildman–Crippen MR) is 116 cm³/mol. The molecule has 3 rings (SSSR count). The minimum atomic E-state index is -0.144. The van der Waals surface area contributed by atoms with Crippen molar-refractivity contribution in [3.8, 4) is 0 Å². The van der Waals surface area contributed by atoms with Crippen molar-refractivity contribution in [1.82, 2.24) is 4.90 Å². The lowest BCUT2D eigenvalue weighted by Crippen LogP contribution is -2.29. The van der Waals surface area contributed by atoms with E-state index in [0.29, 0.717) is 34.4 Å². The molecule has 0 aliphatic carbocycles. The van der Waals surface area contributed by atoms with Crippen molar-refractivity contribution in [3.63, 3.8) is 0 Å². The Morgan fingerprint density at radius 1 is 1.35 bits per heavy atom. The topological polar surface area (TPSA) is 62.6 Å². The van der Waals surface area contributed by atoms with Crippen LogP contribution in [0.3, 0.4) is 0 Å². The van der Waals surface area contributed by atoms with Crippen LogP contribution < -0.4 is 5.32 Å². The number of benzene rings is 1. The summed E-state index contributed by atoms with van der Waals surface area (Å²) in [6, 6.07) is 11.1. The summed E-state index contributed by atoms with van der Waals surface area (Å²) in [7, 11) is 0. The zero-order valence-corrected chi connectivity index (χ0v) is 17.4. The molecule has 2 heterocycles. The summed E-state index contributed by atoms with van der Waals surface area (Å²) in [4.78, 5) is 26.6. The van der Waals surface area contributed by atoms with Gasteiger partial charge in [-0.25, -0.2) is 0 Å². The van der Waals surface area contributed by atoms with Crippen LogP contribution in [0.4, 0.5) is 5.69 Å².